The number of nitrogens with one attached hydrogen (secondary N) is 1. The molecule has 3 aromatic heterocycles. The van der Waals surface area contributed by atoms with Gasteiger partial charge in [0.25, 0.3) is 5.91 Å². The highest BCUT2D eigenvalue weighted by atomic mass is 16.3. The number of pyridine rings is 2. The van der Waals surface area contributed by atoms with Crippen LogP contribution in [0.1, 0.15) is 29.0 Å². The van der Waals surface area contributed by atoms with Gasteiger partial charge in [-0.1, -0.05) is 6.07 Å². The van der Waals surface area contributed by atoms with Gasteiger partial charge in [-0.25, -0.2) is 9.97 Å². The Kier molecular flexibility index (Phi) is 5.39. The quantitative estimate of drug-likeness (QED) is 0.692. The SMILES string of the molecule is Cc1nc(NC(=O)c2ccc(N3CCC(O)CC3)nc2)nc(-c2ccccn2)n1. The van der Waals surface area contributed by atoms with Crippen LogP contribution in [-0.2, 0) is 0 Å². The fraction of sp³-hybridized carbons (Fsp3) is 0.300. The summed E-state index contributed by atoms with van der Waals surface area (Å²) in [7, 11) is 0. The standard InChI is InChI=1S/C20H21N7O2/c1-13-23-18(16-4-2-3-9-21-16)25-20(24-13)26-19(29)14-5-6-17(22-12-14)27-10-7-15(28)8-11-27/h2-6,9,12,15,28H,7-8,10-11H2,1H3,(H,23,24,25,26,29). The number of hydrogen-bond donors (Lipinski definition) is 2. The summed E-state index contributed by atoms with van der Waals surface area (Å²) in [5, 5.41) is 12.3. The van der Waals surface area contributed by atoms with Crippen molar-refractivity contribution >= 4 is 17.7 Å². The Morgan fingerprint density at radius 1 is 1.10 bits per heavy atom. The first kappa shape index (κ1) is 18.9. The Hall–Kier alpha value is -3.46. The van der Waals surface area contributed by atoms with E-state index in [2.05, 4.69) is 35.1 Å². The fourth-order valence-corrected chi connectivity index (χ4v) is 3.12. The van der Waals surface area contributed by atoms with Crippen molar-refractivity contribution in [1.82, 2.24) is 24.9 Å². The molecule has 0 aliphatic carbocycles. The molecule has 1 fully saturated rings. The van der Waals surface area contributed by atoms with Gasteiger partial charge in [0.05, 0.1) is 11.7 Å². The topological polar surface area (TPSA) is 117 Å². The third-order valence-corrected chi connectivity index (χ3v) is 4.67. The second-order valence-electron chi connectivity index (χ2n) is 6.82. The zero-order valence-electron chi connectivity index (χ0n) is 16.0. The van der Waals surface area contributed by atoms with Crippen LogP contribution in [0.2, 0.25) is 0 Å². The Morgan fingerprint density at radius 3 is 2.62 bits per heavy atom. The minimum absolute atomic E-state index is 0.164. The lowest BCUT2D eigenvalue weighted by Crippen LogP contribution is -2.36. The molecule has 0 radical (unpaired) electrons. The number of carbonyl (C=O) groups excluding carboxylic acids is 1. The molecule has 0 spiro atoms. The largest absolute Gasteiger partial charge is 0.393 e. The summed E-state index contributed by atoms with van der Waals surface area (Å²) in [5.74, 6) is 1.49. The van der Waals surface area contributed by atoms with E-state index in [-0.39, 0.29) is 18.0 Å². The first-order valence-corrected chi connectivity index (χ1v) is 9.43. The summed E-state index contributed by atoms with van der Waals surface area (Å²) in [5.41, 5.74) is 1.01. The highest BCUT2D eigenvalue weighted by Crippen LogP contribution is 2.18. The van der Waals surface area contributed by atoms with Gasteiger partial charge in [0.15, 0.2) is 5.82 Å². The van der Waals surface area contributed by atoms with E-state index in [1.807, 2.05) is 18.2 Å². The molecule has 0 atom stereocenters. The van der Waals surface area contributed by atoms with E-state index in [0.29, 0.717) is 22.9 Å². The smallest absolute Gasteiger partial charge is 0.259 e. The van der Waals surface area contributed by atoms with Crippen LogP contribution in [0.15, 0.2) is 42.7 Å². The van der Waals surface area contributed by atoms with E-state index in [9.17, 15) is 9.90 Å². The van der Waals surface area contributed by atoms with Crippen molar-refractivity contribution < 1.29 is 9.90 Å². The summed E-state index contributed by atoms with van der Waals surface area (Å²) in [4.78, 5) is 36.1. The molecule has 1 aliphatic rings. The van der Waals surface area contributed by atoms with Gasteiger partial charge >= 0.3 is 0 Å². The first-order valence-electron chi connectivity index (χ1n) is 9.43. The number of hydrogen-bond acceptors (Lipinski definition) is 8. The summed E-state index contributed by atoms with van der Waals surface area (Å²) in [6.07, 6.45) is 4.39. The van der Waals surface area contributed by atoms with Crippen LogP contribution in [0.4, 0.5) is 11.8 Å². The third-order valence-electron chi connectivity index (χ3n) is 4.67. The summed E-state index contributed by atoms with van der Waals surface area (Å²) in [6, 6.07) is 8.97. The second kappa shape index (κ2) is 8.27. The highest BCUT2D eigenvalue weighted by Gasteiger charge is 2.18. The second-order valence-corrected chi connectivity index (χ2v) is 6.82. The molecule has 9 nitrogen and oxygen atoms in total. The van der Waals surface area contributed by atoms with E-state index in [4.69, 9.17) is 0 Å². The van der Waals surface area contributed by atoms with Crippen LogP contribution in [0, 0.1) is 6.92 Å². The molecule has 0 saturated carbocycles. The van der Waals surface area contributed by atoms with Crippen LogP contribution in [0.3, 0.4) is 0 Å². The monoisotopic (exact) mass is 391 g/mol. The Bertz CT molecular complexity index is 987. The van der Waals surface area contributed by atoms with Crippen molar-refractivity contribution in [3.05, 3.63) is 54.1 Å². The van der Waals surface area contributed by atoms with Gasteiger partial charge in [0, 0.05) is 25.5 Å². The number of rotatable bonds is 4. The zero-order chi connectivity index (χ0) is 20.2. The molecule has 29 heavy (non-hydrogen) atoms. The molecule has 2 N–H and O–H groups in total. The Labute approximate surface area is 167 Å². The first-order chi connectivity index (χ1) is 14.1. The molecule has 1 saturated heterocycles. The van der Waals surface area contributed by atoms with Crippen LogP contribution in [0.5, 0.6) is 0 Å². The molecule has 4 heterocycles. The lowest BCUT2D eigenvalue weighted by molar-refractivity contribution is 0.102. The van der Waals surface area contributed by atoms with Crippen molar-refractivity contribution in [1.29, 1.82) is 0 Å². The molecule has 1 amide bonds. The number of anilines is 2. The normalized spacial score (nSPS) is 14.6. The maximum atomic E-state index is 12.6. The van der Waals surface area contributed by atoms with Gasteiger partial charge in [-0.2, -0.15) is 9.97 Å². The number of piperidine rings is 1. The van der Waals surface area contributed by atoms with Gasteiger partial charge in [-0.3, -0.25) is 15.1 Å². The van der Waals surface area contributed by atoms with Crippen LogP contribution < -0.4 is 10.2 Å². The molecule has 1 aliphatic heterocycles. The molecule has 9 heteroatoms. The van der Waals surface area contributed by atoms with Gasteiger partial charge in [0.2, 0.25) is 5.95 Å². The zero-order valence-corrected chi connectivity index (χ0v) is 16.0. The minimum Gasteiger partial charge on any atom is -0.393 e. The highest BCUT2D eigenvalue weighted by molar-refractivity contribution is 6.03. The van der Waals surface area contributed by atoms with Crippen molar-refractivity contribution in [2.24, 2.45) is 0 Å². The fourth-order valence-electron chi connectivity index (χ4n) is 3.12. The molecule has 0 unspecified atom stereocenters. The van der Waals surface area contributed by atoms with Crippen molar-refractivity contribution in [3.63, 3.8) is 0 Å². The van der Waals surface area contributed by atoms with Gasteiger partial charge in [-0.05, 0) is 44.0 Å². The Balaban J connectivity index is 1.47. The Morgan fingerprint density at radius 2 is 1.93 bits per heavy atom. The van der Waals surface area contributed by atoms with Crippen LogP contribution >= 0.6 is 0 Å². The number of aliphatic hydroxyl groups excluding tert-OH is 1. The number of aryl methyl sites for hydroxylation is 1. The minimum atomic E-state index is -0.351. The molecule has 0 bridgehead atoms. The predicted molar refractivity (Wildman–Crippen MR) is 107 cm³/mol. The number of amides is 1. The van der Waals surface area contributed by atoms with Gasteiger partial charge in [-0.15, -0.1) is 0 Å². The molecule has 148 valence electrons. The number of aliphatic hydroxyl groups is 1. The maximum absolute atomic E-state index is 12.6. The van der Waals surface area contributed by atoms with E-state index in [0.717, 1.165) is 31.7 Å². The van der Waals surface area contributed by atoms with Gasteiger partial charge < -0.3 is 10.0 Å². The lowest BCUT2D eigenvalue weighted by atomic mass is 10.1. The van der Waals surface area contributed by atoms with Crippen molar-refractivity contribution in [2.75, 3.05) is 23.3 Å². The maximum Gasteiger partial charge on any atom is 0.259 e. The molecule has 3 aromatic rings. The average Bonchev–Trinajstić information content (AvgIpc) is 2.74. The average molecular weight is 391 g/mol. The number of carbonyl (C=O) groups is 1. The third kappa shape index (κ3) is 4.52. The van der Waals surface area contributed by atoms with E-state index < -0.39 is 0 Å². The summed E-state index contributed by atoms with van der Waals surface area (Å²) >= 11 is 0. The molecular weight excluding hydrogens is 370 g/mol. The van der Waals surface area contributed by atoms with Crippen molar-refractivity contribution in [3.8, 4) is 11.5 Å². The van der Waals surface area contributed by atoms with Crippen LogP contribution in [-0.4, -0.2) is 55.1 Å². The van der Waals surface area contributed by atoms with E-state index >= 15 is 0 Å². The van der Waals surface area contributed by atoms with Crippen molar-refractivity contribution in [2.45, 2.75) is 25.9 Å². The number of nitrogens with zero attached hydrogens (tertiary/aromatic N) is 6. The van der Waals surface area contributed by atoms with Crippen LogP contribution in [0.25, 0.3) is 11.5 Å². The molecule has 4 rings (SSSR count). The summed E-state index contributed by atoms with van der Waals surface area (Å²) < 4.78 is 0. The van der Waals surface area contributed by atoms with E-state index in [1.54, 1.807) is 25.3 Å². The lowest BCUT2D eigenvalue weighted by Gasteiger charge is -2.30. The van der Waals surface area contributed by atoms with Gasteiger partial charge in [0.1, 0.15) is 17.3 Å². The predicted octanol–water partition coefficient (Wildman–Crippen LogP) is 1.85. The van der Waals surface area contributed by atoms with E-state index in [1.165, 1.54) is 6.20 Å². The molecule has 0 aromatic carbocycles. The molecular formula is C20H21N7O2. The number of aromatic nitrogens is 5. The summed E-state index contributed by atoms with van der Waals surface area (Å²) in [6.45, 7) is 3.23.